The second-order valence-electron chi connectivity index (χ2n) is 5.93. The van der Waals surface area contributed by atoms with E-state index in [1.807, 2.05) is 19.1 Å². The number of ether oxygens (including phenoxy) is 1. The summed E-state index contributed by atoms with van der Waals surface area (Å²) in [4.78, 5) is 29.6. The third-order valence-electron chi connectivity index (χ3n) is 4.08. The number of anilines is 1. The van der Waals surface area contributed by atoms with Crippen molar-refractivity contribution in [2.24, 2.45) is 5.92 Å². The molecule has 3 rings (SSSR count). The average molecular weight is 379 g/mol. The standard InChI is InChI=1S/C18H19ClN2O3S/c1-2-24-17(23)12-5-8-14-15(10-12)25-18(20-14)21-16(22)9-11-3-6-13(19)7-4-11/h3-4,6-7,12H,2,5,8-10H2,1H3,(H,20,21,22). The lowest BCUT2D eigenvalue weighted by molar-refractivity contribution is -0.148. The molecular formula is C18H19ClN2O3S. The molecule has 1 atom stereocenters. The quantitative estimate of drug-likeness (QED) is 0.806. The zero-order chi connectivity index (χ0) is 17.8. The number of nitrogens with one attached hydrogen (secondary N) is 1. The first kappa shape index (κ1) is 17.9. The van der Waals surface area contributed by atoms with Gasteiger partial charge in [-0.05, 0) is 43.9 Å². The van der Waals surface area contributed by atoms with Crippen molar-refractivity contribution in [1.82, 2.24) is 4.98 Å². The number of amides is 1. The van der Waals surface area contributed by atoms with Crippen LogP contribution in [0, 0.1) is 5.92 Å². The first-order valence-electron chi connectivity index (χ1n) is 8.24. The molecule has 25 heavy (non-hydrogen) atoms. The lowest BCUT2D eigenvalue weighted by atomic mass is 9.91. The Morgan fingerprint density at radius 3 is 2.84 bits per heavy atom. The monoisotopic (exact) mass is 378 g/mol. The van der Waals surface area contributed by atoms with Gasteiger partial charge in [0.1, 0.15) is 0 Å². The minimum absolute atomic E-state index is 0.106. The Morgan fingerprint density at radius 2 is 2.12 bits per heavy atom. The van der Waals surface area contributed by atoms with Gasteiger partial charge in [0.15, 0.2) is 5.13 Å². The van der Waals surface area contributed by atoms with Crippen molar-refractivity contribution >= 4 is 39.9 Å². The summed E-state index contributed by atoms with van der Waals surface area (Å²) in [5.41, 5.74) is 1.87. The van der Waals surface area contributed by atoms with Gasteiger partial charge in [-0.25, -0.2) is 4.98 Å². The topological polar surface area (TPSA) is 68.3 Å². The van der Waals surface area contributed by atoms with Crippen LogP contribution >= 0.6 is 22.9 Å². The van der Waals surface area contributed by atoms with E-state index in [4.69, 9.17) is 16.3 Å². The van der Waals surface area contributed by atoms with Gasteiger partial charge in [-0.1, -0.05) is 23.7 Å². The molecule has 1 amide bonds. The zero-order valence-corrected chi connectivity index (χ0v) is 15.5. The van der Waals surface area contributed by atoms with E-state index < -0.39 is 0 Å². The minimum Gasteiger partial charge on any atom is -0.466 e. The number of fused-ring (bicyclic) bond motifs is 1. The van der Waals surface area contributed by atoms with E-state index >= 15 is 0 Å². The van der Waals surface area contributed by atoms with Crippen molar-refractivity contribution in [2.45, 2.75) is 32.6 Å². The molecule has 0 saturated carbocycles. The zero-order valence-electron chi connectivity index (χ0n) is 13.9. The highest BCUT2D eigenvalue weighted by atomic mass is 35.5. The van der Waals surface area contributed by atoms with E-state index in [0.29, 0.717) is 23.2 Å². The number of esters is 1. The lowest BCUT2D eigenvalue weighted by Gasteiger charge is -2.18. The number of rotatable bonds is 5. The summed E-state index contributed by atoms with van der Waals surface area (Å²) < 4.78 is 5.11. The van der Waals surface area contributed by atoms with Crippen molar-refractivity contribution in [3.05, 3.63) is 45.4 Å². The van der Waals surface area contributed by atoms with Crippen LogP contribution in [0.4, 0.5) is 5.13 Å². The number of aromatic nitrogens is 1. The second kappa shape index (κ2) is 7.97. The van der Waals surface area contributed by atoms with Crippen LogP contribution in [-0.2, 0) is 33.6 Å². The molecule has 0 bridgehead atoms. The average Bonchev–Trinajstić information content (AvgIpc) is 2.98. The Hall–Kier alpha value is -1.92. The third-order valence-corrected chi connectivity index (χ3v) is 5.37. The summed E-state index contributed by atoms with van der Waals surface area (Å²) in [6.07, 6.45) is 2.39. The Kier molecular flexibility index (Phi) is 5.71. The highest BCUT2D eigenvalue weighted by Gasteiger charge is 2.28. The maximum atomic E-state index is 12.2. The Morgan fingerprint density at radius 1 is 1.36 bits per heavy atom. The van der Waals surface area contributed by atoms with Crippen LogP contribution in [0.2, 0.25) is 5.02 Å². The molecule has 0 aliphatic heterocycles. The lowest BCUT2D eigenvalue weighted by Crippen LogP contribution is -2.24. The van der Waals surface area contributed by atoms with Crippen LogP contribution in [0.5, 0.6) is 0 Å². The van der Waals surface area contributed by atoms with Gasteiger partial charge in [0.25, 0.3) is 0 Å². The van der Waals surface area contributed by atoms with E-state index in [9.17, 15) is 9.59 Å². The normalized spacial score (nSPS) is 16.2. The molecule has 1 heterocycles. The number of halogens is 1. The van der Waals surface area contributed by atoms with Crippen LogP contribution in [0.1, 0.15) is 29.5 Å². The van der Waals surface area contributed by atoms with Gasteiger partial charge in [-0.3, -0.25) is 9.59 Å². The van der Waals surface area contributed by atoms with Crippen LogP contribution in [0.15, 0.2) is 24.3 Å². The fraction of sp³-hybridized carbons (Fsp3) is 0.389. The number of aryl methyl sites for hydroxylation is 1. The number of thiazole rings is 1. The van der Waals surface area contributed by atoms with Crippen LogP contribution in [-0.4, -0.2) is 23.5 Å². The number of carbonyl (C=O) groups excluding carboxylic acids is 2. The Bertz CT molecular complexity index is 773. The van der Waals surface area contributed by atoms with E-state index in [2.05, 4.69) is 10.3 Å². The molecule has 7 heteroatoms. The summed E-state index contributed by atoms with van der Waals surface area (Å²) in [5.74, 6) is -0.365. The molecule has 0 radical (unpaired) electrons. The number of hydrogen-bond donors (Lipinski definition) is 1. The molecule has 1 aliphatic rings. The van der Waals surface area contributed by atoms with E-state index in [1.54, 1.807) is 12.1 Å². The SMILES string of the molecule is CCOC(=O)C1CCc2nc(NC(=O)Cc3ccc(Cl)cc3)sc2C1. The molecular weight excluding hydrogens is 360 g/mol. The fourth-order valence-corrected chi connectivity index (χ4v) is 4.07. The molecule has 1 aromatic carbocycles. The fourth-order valence-electron chi connectivity index (χ4n) is 2.84. The smallest absolute Gasteiger partial charge is 0.309 e. The highest BCUT2D eigenvalue weighted by Crippen LogP contribution is 2.33. The minimum atomic E-state index is -0.144. The van der Waals surface area contributed by atoms with Crippen LogP contribution in [0.25, 0.3) is 0 Å². The highest BCUT2D eigenvalue weighted by molar-refractivity contribution is 7.15. The first-order valence-corrected chi connectivity index (χ1v) is 9.44. The summed E-state index contributed by atoms with van der Waals surface area (Å²) in [7, 11) is 0. The number of benzene rings is 1. The van der Waals surface area contributed by atoms with Gasteiger partial charge < -0.3 is 10.1 Å². The van der Waals surface area contributed by atoms with Gasteiger partial charge in [0, 0.05) is 9.90 Å². The Balaban J connectivity index is 1.60. The molecule has 5 nitrogen and oxygen atoms in total. The maximum Gasteiger partial charge on any atom is 0.309 e. The predicted molar refractivity (Wildman–Crippen MR) is 98.0 cm³/mol. The molecule has 1 aliphatic carbocycles. The molecule has 132 valence electrons. The summed E-state index contributed by atoms with van der Waals surface area (Å²) >= 11 is 7.29. The van der Waals surface area contributed by atoms with Crippen molar-refractivity contribution in [2.75, 3.05) is 11.9 Å². The molecule has 0 fully saturated rings. The molecule has 2 aromatic rings. The van der Waals surface area contributed by atoms with Crippen molar-refractivity contribution in [1.29, 1.82) is 0 Å². The maximum absolute atomic E-state index is 12.2. The number of nitrogens with zero attached hydrogens (tertiary/aromatic N) is 1. The second-order valence-corrected chi connectivity index (χ2v) is 7.45. The van der Waals surface area contributed by atoms with Gasteiger partial charge in [0.05, 0.1) is 24.6 Å². The van der Waals surface area contributed by atoms with Gasteiger partial charge >= 0.3 is 5.97 Å². The van der Waals surface area contributed by atoms with Crippen LogP contribution in [0.3, 0.4) is 0 Å². The molecule has 1 unspecified atom stereocenters. The van der Waals surface area contributed by atoms with Gasteiger partial charge in [-0.2, -0.15) is 0 Å². The van der Waals surface area contributed by atoms with Crippen molar-refractivity contribution < 1.29 is 14.3 Å². The summed E-state index contributed by atoms with van der Waals surface area (Å²) in [6, 6.07) is 7.20. The van der Waals surface area contributed by atoms with E-state index in [0.717, 1.165) is 29.0 Å². The van der Waals surface area contributed by atoms with E-state index in [-0.39, 0.29) is 24.2 Å². The van der Waals surface area contributed by atoms with Gasteiger partial charge in [0.2, 0.25) is 5.91 Å². The largest absolute Gasteiger partial charge is 0.466 e. The first-order chi connectivity index (χ1) is 12.0. The van der Waals surface area contributed by atoms with E-state index in [1.165, 1.54) is 11.3 Å². The summed E-state index contributed by atoms with van der Waals surface area (Å²) in [5, 5.41) is 4.09. The van der Waals surface area contributed by atoms with Crippen LogP contribution < -0.4 is 5.32 Å². The molecule has 1 aromatic heterocycles. The van der Waals surface area contributed by atoms with Crippen molar-refractivity contribution in [3.63, 3.8) is 0 Å². The predicted octanol–water partition coefficient (Wildman–Crippen LogP) is 3.65. The number of carbonyl (C=O) groups is 2. The molecule has 1 N–H and O–H groups in total. The van der Waals surface area contributed by atoms with Crippen molar-refractivity contribution in [3.8, 4) is 0 Å². The van der Waals surface area contributed by atoms with Gasteiger partial charge in [-0.15, -0.1) is 11.3 Å². The molecule has 0 saturated heterocycles. The molecule has 0 spiro atoms. The third kappa shape index (κ3) is 4.58. The number of hydrogen-bond acceptors (Lipinski definition) is 5. The Labute approximate surface area is 155 Å². The summed E-state index contributed by atoms with van der Waals surface area (Å²) in [6.45, 7) is 2.21.